The van der Waals surface area contributed by atoms with Gasteiger partial charge in [0.15, 0.2) is 0 Å². The summed E-state index contributed by atoms with van der Waals surface area (Å²) >= 11 is 0. The molecule has 1 N–H and O–H groups in total. The summed E-state index contributed by atoms with van der Waals surface area (Å²) in [6, 6.07) is 10.1. The van der Waals surface area contributed by atoms with Crippen LogP contribution in [-0.2, 0) is 4.74 Å². The largest absolute Gasteiger partial charge is 0.390 e. The fourth-order valence-corrected chi connectivity index (χ4v) is 3.09. The standard InChI is InChI=1S/C17H26O2/c1-3-19-17(15-7-5-4-6-8-15)16(18)14-11-9-13(2)10-12-14/h4-8,13-14,16-18H,3,9-12H2,1-2H3. The van der Waals surface area contributed by atoms with Gasteiger partial charge in [0.05, 0.1) is 6.10 Å². The van der Waals surface area contributed by atoms with Gasteiger partial charge >= 0.3 is 0 Å². The van der Waals surface area contributed by atoms with Crippen LogP contribution in [0.5, 0.6) is 0 Å². The van der Waals surface area contributed by atoms with Gasteiger partial charge in [0.2, 0.25) is 0 Å². The lowest BCUT2D eigenvalue weighted by Gasteiger charge is -2.34. The molecule has 0 radical (unpaired) electrons. The van der Waals surface area contributed by atoms with Crippen LogP contribution in [0.25, 0.3) is 0 Å². The molecule has 2 rings (SSSR count). The van der Waals surface area contributed by atoms with Gasteiger partial charge in [-0.15, -0.1) is 0 Å². The number of ether oxygens (including phenoxy) is 1. The van der Waals surface area contributed by atoms with Gasteiger partial charge in [-0.2, -0.15) is 0 Å². The Morgan fingerprint density at radius 3 is 2.37 bits per heavy atom. The van der Waals surface area contributed by atoms with Gasteiger partial charge in [0.1, 0.15) is 6.10 Å². The molecular weight excluding hydrogens is 236 g/mol. The van der Waals surface area contributed by atoms with Crippen molar-refractivity contribution >= 4 is 0 Å². The molecule has 1 saturated carbocycles. The van der Waals surface area contributed by atoms with Gasteiger partial charge in [-0.1, -0.05) is 50.1 Å². The Morgan fingerprint density at radius 2 is 1.79 bits per heavy atom. The lowest BCUT2D eigenvalue weighted by Crippen LogP contribution is -2.32. The van der Waals surface area contributed by atoms with E-state index in [0.29, 0.717) is 12.5 Å². The van der Waals surface area contributed by atoms with Crippen molar-refractivity contribution in [1.29, 1.82) is 0 Å². The maximum absolute atomic E-state index is 10.7. The summed E-state index contributed by atoms with van der Waals surface area (Å²) < 4.78 is 5.82. The van der Waals surface area contributed by atoms with E-state index in [2.05, 4.69) is 19.1 Å². The Kier molecular flexibility index (Phi) is 5.41. The average molecular weight is 262 g/mol. The van der Waals surface area contributed by atoms with Gasteiger partial charge in [-0.25, -0.2) is 0 Å². The van der Waals surface area contributed by atoms with Crippen LogP contribution in [0.2, 0.25) is 0 Å². The summed E-state index contributed by atoms with van der Waals surface area (Å²) in [4.78, 5) is 0. The second-order valence-electron chi connectivity index (χ2n) is 5.80. The number of hydrogen-bond donors (Lipinski definition) is 1. The maximum Gasteiger partial charge on any atom is 0.109 e. The predicted octanol–water partition coefficient (Wildman–Crippen LogP) is 3.95. The molecule has 0 aromatic heterocycles. The zero-order chi connectivity index (χ0) is 13.7. The van der Waals surface area contributed by atoms with Crippen molar-refractivity contribution in [3.8, 4) is 0 Å². The molecule has 0 heterocycles. The second-order valence-corrected chi connectivity index (χ2v) is 5.80. The summed E-state index contributed by atoms with van der Waals surface area (Å²) in [5.74, 6) is 1.19. The van der Waals surface area contributed by atoms with Crippen LogP contribution in [-0.4, -0.2) is 17.8 Å². The van der Waals surface area contributed by atoms with Crippen LogP contribution in [0.1, 0.15) is 51.2 Å². The van der Waals surface area contributed by atoms with Crippen molar-refractivity contribution in [3.63, 3.8) is 0 Å². The van der Waals surface area contributed by atoms with Crippen LogP contribution in [0, 0.1) is 11.8 Å². The number of rotatable bonds is 5. The number of benzene rings is 1. The van der Waals surface area contributed by atoms with Crippen molar-refractivity contribution in [1.82, 2.24) is 0 Å². The lowest BCUT2D eigenvalue weighted by atomic mass is 9.78. The van der Waals surface area contributed by atoms with E-state index in [-0.39, 0.29) is 12.2 Å². The van der Waals surface area contributed by atoms with Crippen molar-refractivity contribution in [2.45, 2.75) is 51.7 Å². The van der Waals surface area contributed by atoms with E-state index in [1.165, 1.54) is 12.8 Å². The summed E-state index contributed by atoms with van der Waals surface area (Å²) in [6.45, 7) is 4.94. The van der Waals surface area contributed by atoms with Gasteiger partial charge < -0.3 is 9.84 Å². The lowest BCUT2D eigenvalue weighted by molar-refractivity contribution is -0.0692. The zero-order valence-corrected chi connectivity index (χ0v) is 12.1. The highest BCUT2D eigenvalue weighted by Gasteiger charge is 2.31. The Morgan fingerprint density at radius 1 is 1.16 bits per heavy atom. The molecule has 2 atom stereocenters. The smallest absolute Gasteiger partial charge is 0.109 e. The van der Waals surface area contributed by atoms with Crippen molar-refractivity contribution in [3.05, 3.63) is 35.9 Å². The highest BCUT2D eigenvalue weighted by Crippen LogP contribution is 2.36. The summed E-state index contributed by atoms with van der Waals surface area (Å²) in [5.41, 5.74) is 1.09. The number of hydrogen-bond acceptors (Lipinski definition) is 2. The molecule has 2 unspecified atom stereocenters. The van der Waals surface area contributed by atoms with Crippen LogP contribution >= 0.6 is 0 Å². The molecule has 1 aliphatic carbocycles. The minimum absolute atomic E-state index is 0.176. The molecule has 19 heavy (non-hydrogen) atoms. The third kappa shape index (κ3) is 3.80. The average Bonchev–Trinajstić information content (AvgIpc) is 2.46. The van der Waals surface area contributed by atoms with E-state index >= 15 is 0 Å². The van der Waals surface area contributed by atoms with Crippen molar-refractivity contribution < 1.29 is 9.84 Å². The van der Waals surface area contributed by atoms with Gasteiger partial charge in [-0.05, 0) is 37.2 Å². The Bertz CT molecular complexity index is 355. The monoisotopic (exact) mass is 262 g/mol. The summed E-state index contributed by atoms with van der Waals surface area (Å²) in [6.07, 6.45) is 4.15. The predicted molar refractivity (Wildman–Crippen MR) is 77.9 cm³/mol. The molecule has 1 fully saturated rings. The first-order valence-electron chi connectivity index (χ1n) is 7.57. The molecule has 0 spiro atoms. The van der Waals surface area contributed by atoms with Gasteiger partial charge in [0.25, 0.3) is 0 Å². The molecule has 2 heteroatoms. The van der Waals surface area contributed by atoms with Crippen LogP contribution in [0.3, 0.4) is 0 Å². The Hall–Kier alpha value is -0.860. The molecular formula is C17H26O2. The SMILES string of the molecule is CCOC(c1ccccc1)C(O)C1CCC(C)CC1. The third-order valence-electron chi connectivity index (χ3n) is 4.33. The molecule has 0 amide bonds. The molecule has 1 aromatic rings. The fraction of sp³-hybridized carbons (Fsp3) is 0.647. The number of aliphatic hydroxyl groups excluding tert-OH is 1. The minimum Gasteiger partial charge on any atom is -0.390 e. The van der Waals surface area contributed by atoms with E-state index in [1.54, 1.807) is 0 Å². The first kappa shape index (κ1) is 14.5. The van der Waals surface area contributed by atoms with Crippen LogP contribution in [0.15, 0.2) is 30.3 Å². The normalized spacial score (nSPS) is 26.9. The highest BCUT2D eigenvalue weighted by atomic mass is 16.5. The molecule has 0 aliphatic heterocycles. The number of aliphatic hydroxyl groups is 1. The Labute approximate surface area is 116 Å². The van der Waals surface area contributed by atoms with E-state index in [0.717, 1.165) is 24.3 Å². The molecule has 1 aromatic carbocycles. The summed E-state index contributed by atoms with van der Waals surface area (Å²) in [7, 11) is 0. The topological polar surface area (TPSA) is 29.5 Å². The first-order chi connectivity index (χ1) is 9.22. The fourth-order valence-electron chi connectivity index (χ4n) is 3.09. The van der Waals surface area contributed by atoms with Gasteiger partial charge in [0, 0.05) is 6.61 Å². The maximum atomic E-state index is 10.7. The van der Waals surface area contributed by atoms with E-state index in [9.17, 15) is 5.11 Å². The van der Waals surface area contributed by atoms with Gasteiger partial charge in [-0.3, -0.25) is 0 Å². The molecule has 1 aliphatic rings. The van der Waals surface area contributed by atoms with E-state index in [1.807, 2.05) is 25.1 Å². The summed E-state index contributed by atoms with van der Waals surface area (Å²) in [5, 5.41) is 10.7. The van der Waals surface area contributed by atoms with Crippen molar-refractivity contribution in [2.75, 3.05) is 6.61 Å². The minimum atomic E-state index is -0.380. The third-order valence-corrected chi connectivity index (χ3v) is 4.33. The van der Waals surface area contributed by atoms with Crippen molar-refractivity contribution in [2.24, 2.45) is 11.8 Å². The van der Waals surface area contributed by atoms with E-state index in [4.69, 9.17) is 4.74 Å². The van der Waals surface area contributed by atoms with E-state index < -0.39 is 0 Å². The first-order valence-corrected chi connectivity index (χ1v) is 7.57. The highest BCUT2D eigenvalue weighted by molar-refractivity contribution is 5.19. The Balaban J connectivity index is 2.06. The molecule has 2 nitrogen and oxygen atoms in total. The quantitative estimate of drug-likeness (QED) is 0.870. The van der Waals surface area contributed by atoms with Crippen LogP contribution in [0.4, 0.5) is 0 Å². The van der Waals surface area contributed by atoms with Crippen LogP contribution < -0.4 is 0 Å². The molecule has 106 valence electrons. The molecule has 0 bridgehead atoms. The zero-order valence-electron chi connectivity index (χ0n) is 12.1. The molecule has 0 saturated heterocycles. The second kappa shape index (κ2) is 7.06.